The summed E-state index contributed by atoms with van der Waals surface area (Å²) in [5, 5.41) is 3.28. The number of ether oxygens (including phenoxy) is 2. The number of hydrogen-bond donors (Lipinski definition) is 1. The molecule has 3 rings (SSSR count). The Kier molecular flexibility index (Phi) is 4.90. The second-order valence-electron chi connectivity index (χ2n) is 6.99. The quantitative estimate of drug-likeness (QED) is 0.786. The SMILES string of the molecule is COC(=O)[C@@H](C)[C@H](c1cccc(OC(C)C2CNC2)c1)C1CC1. The maximum absolute atomic E-state index is 12.0. The summed E-state index contributed by atoms with van der Waals surface area (Å²) < 4.78 is 11.1. The summed E-state index contributed by atoms with van der Waals surface area (Å²) in [6.07, 6.45) is 2.60. The molecule has 0 radical (unpaired) electrons. The van der Waals surface area contributed by atoms with Gasteiger partial charge in [-0.1, -0.05) is 19.1 Å². The van der Waals surface area contributed by atoms with Gasteiger partial charge in [0.25, 0.3) is 0 Å². The van der Waals surface area contributed by atoms with E-state index in [1.54, 1.807) is 0 Å². The average Bonchev–Trinajstić information content (AvgIpc) is 3.29. The molecule has 126 valence electrons. The summed E-state index contributed by atoms with van der Waals surface area (Å²) in [4.78, 5) is 12.0. The Labute approximate surface area is 138 Å². The van der Waals surface area contributed by atoms with Gasteiger partial charge in [-0.05, 0) is 49.3 Å². The first-order valence-corrected chi connectivity index (χ1v) is 8.65. The molecule has 23 heavy (non-hydrogen) atoms. The molecule has 2 fully saturated rings. The molecular formula is C19H27NO3. The van der Waals surface area contributed by atoms with Crippen molar-refractivity contribution in [2.24, 2.45) is 17.8 Å². The van der Waals surface area contributed by atoms with Gasteiger partial charge in [0.2, 0.25) is 0 Å². The Morgan fingerprint density at radius 1 is 1.22 bits per heavy atom. The Hall–Kier alpha value is -1.55. The first kappa shape index (κ1) is 16.3. The lowest BCUT2D eigenvalue weighted by Gasteiger charge is -2.33. The maximum atomic E-state index is 12.0. The van der Waals surface area contributed by atoms with Crippen molar-refractivity contribution in [3.8, 4) is 5.75 Å². The molecule has 1 unspecified atom stereocenters. The third-order valence-electron chi connectivity index (χ3n) is 5.28. The molecule has 0 amide bonds. The molecule has 4 nitrogen and oxygen atoms in total. The van der Waals surface area contributed by atoms with Crippen LogP contribution >= 0.6 is 0 Å². The molecule has 1 aromatic rings. The average molecular weight is 317 g/mol. The van der Waals surface area contributed by atoms with Gasteiger partial charge >= 0.3 is 5.97 Å². The number of esters is 1. The molecule has 1 saturated heterocycles. The number of hydrogen-bond acceptors (Lipinski definition) is 4. The molecule has 1 aliphatic carbocycles. The highest BCUT2D eigenvalue weighted by Gasteiger charge is 2.39. The molecule has 0 aromatic heterocycles. The zero-order chi connectivity index (χ0) is 16.4. The van der Waals surface area contributed by atoms with E-state index in [0.29, 0.717) is 11.8 Å². The van der Waals surface area contributed by atoms with Crippen molar-refractivity contribution in [2.45, 2.75) is 38.7 Å². The molecular weight excluding hydrogens is 290 g/mol. The summed E-state index contributed by atoms with van der Waals surface area (Å²) in [6.45, 7) is 6.18. The molecule has 1 saturated carbocycles. The van der Waals surface area contributed by atoms with Crippen LogP contribution in [0.25, 0.3) is 0 Å². The third kappa shape index (κ3) is 3.69. The summed E-state index contributed by atoms with van der Waals surface area (Å²) in [6, 6.07) is 8.28. The van der Waals surface area contributed by atoms with Gasteiger partial charge < -0.3 is 14.8 Å². The van der Waals surface area contributed by atoms with E-state index < -0.39 is 0 Å². The predicted octanol–water partition coefficient (Wildman–Crippen LogP) is 2.98. The van der Waals surface area contributed by atoms with Gasteiger partial charge in [0.05, 0.1) is 13.0 Å². The number of methoxy groups -OCH3 is 1. The highest BCUT2D eigenvalue weighted by Crippen LogP contribution is 2.47. The Bertz CT molecular complexity index is 551. The van der Waals surface area contributed by atoms with E-state index in [4.69, 9.17) is 9.47 Å². The summed E-state index contributed by atoms with van der Waals surface area (Å²) in [5.74, 6) is 2.08. The van der Waals surface area contributed by atoms with Crippen LogP contribution in [0, 0.1) is 17.8 Å². The maximum Gasteiger partial charge on any atom is 0.309 e. The summed E-state index contributed by atoms with van der Waals surface area (Å²) >= 11 is 0. The van der Waals surface area contributed by atoms with Crippen LogP contribution < -0.4 is 10.1 Å². The number of nitrogens with one attached hydrogen (secondary N) is 1. The normalized spacial score (nSPS) is 21.9. The van der Waals surface area contributed by atoms with Crippen molar-refractivity contribution >= 4 is 5.97 Å². The summed E-state index contributed by atoms with van der Waals surface area (Å²) in [5.41, 5.74) is 1.20. The van der Waals surface area contributed by atoms with Crippen molar-refractivity contribution in [3.63, 3.8) is 0 Å². The van der Waals surface area contributed by atoms with Crippen LogP contribution in [0.2, 0.25) is 0 Å². The van der Waals surface area contributed by atoms with E-state index in [9.17, 15) is 4.79 Å². The van der Waals surface area contributed by atoms with Gasteiger partial charge in [-0.3, -0.25) is 4.79 Å². The molecule has 1 aliphatic heterocycles. The fraction of sp³-hybridized carbons (Fsp3) is 0.632. The molecule has 1 N–H and O–H groups in total. The monoisotopic (exact) mass is 317 g/mol. The number of rotatable bonds is 7. The number of benzene rings is 1. The molecule has 2 aliphatic rings. The first-order chi connectivity index (χ1) is 11.1. The molecule has 0 spiro atoms. The van der Waals surface area contributed by atoms with E-state index in [1.807, 2.05) is 19.1 Å². The van der Waals surface area contributed by atoms with Gasteiger partial charge in [0.1, 0.15) is 11.9 Å². The van der Waals surface area contributed by atoms with Crippen molar-refractivity contribution in [2.75, 3.05) is 20.2 Å². The molecule has 4 heteroatoms. The second kappa shape index (κ2) is 6.91. The largest absolute Gasteiger partial charge is 0.490 e. The van der Waals surface area contributed by atoms with Crippen molar-refractivity contribution < 1.29 is 14.3 Å². The lowest BCUT2D eigenvalue weighted by atomic mass is 9.83. The van der Waals surface area contributed by atoms with Crippen molar-refractivity contribution in [3.05, 3.63) is 29.8 Å². The van der Waals surface area contributed by atoms with Crippen LogP contribution in [0.4, 0.5) is 0 Å². The van der Waals surface area contributed by atoms with Gasteiger partial charge in [0.15, 0.2) is 0 Å². The fourth-order valence-corrected chi connectivity index (χ4v) is 3.51. The zero-order valence-corrected chi connectivity index (χ0v) is 14.2. The second-order valence-corrected chi connectivity index (χ2v) is 6.99. The standard InChI is InChI=1S/C19H27NO3/c1-12(19(21)22-3)18(14-7-8-14)15-5-4-6-17(9-15)23-13(2)16-10-20-11-16/h4-6,9,12-14,16,18,20H,7-8,10-11H2,1-3H3/t12-,13?,18-/m0/s1. The number of carbonyl (C=O) groups excluding carboxylic acids is 1. The van der Waals surface area contributed by atoms with Crippen molar-refractivity contribution in [1.29, 1.82) is 0 Å². The van der Waals surface area contributed by atoms with E-state index in [2.05, 4.69) is 24.4 Å². The van der Waals surface area contributed by atoms with Crippen LogP contribution in [0.3, 0.4) is 0 Å². The third-order valence-corrected chi connectivity index (χ3v) is 5.28. The topological polar surface area (TPSA) is 47.6 Å². The zero-order valence-electron chi connectivity index (χ0n) is 14.2. The van der Waals surface area contributed by atoms with Crippen LogP contribution in [0.5, 0.6) is 5.75 Å². The Morgan fingerprint density at radius 2 is 1.96 bits per heavy atom. The van der Waals surface area contributed by atoms with Gasteiger partial charge in [-0.2, -0.15) is 0 Å². The highest BCUT2D eigenvalue weighted by atomic mass is 16.5. The lowest BCUT2D eigenvalue weighted by Crippen LogP contribution is -2.49. The predicted molar refractivity (Wildman–Crippen MR) is 89.5 cm³/mol. The van der Waals surface area contributed by atoms with Crippen LogP contribution in [-0.4, -0.2) is 32.3 Å². The highest BCUT2D eigenvalue weighted by molar-refractivity contribution is 5.73. The fourth-order valence-electron chi connectivity index (χ4n) is 3.51. The summed E-state index contributed by atoms with van der Waals surface area (Å²) in [7, 11) is 1.47. The van der Waals surface area contributed by atoms with Crippen LogP contribution in [0.1, 0.15) is 38.2 Å². The van der Waals surface area contributed by atoms with E-state index in [-0.39, 0.29) is 23.9 Å². The van der Waals surface area contributed by atoms with Gasteiger partial charge in [-0.25, -0.2) is 0 Å². The Morgan fingerprint density at radius 3 is 2.52 bits per heavy atom. The molecule has 1 heterocycles. The van der Waals surface area contributed by atoms with Crippen LogP contribution in [-0.2, 0) is 9.53 Å². The minimum atomic E-state index is -0.123. The minimum Gasteiger partial charge on any atom is -0.490 e. The Balaban J connectivity index is 1.74. The lowest BCUT2D eigenvalue weighted by molar-refractivity contribution is -0.145. The first-order valence-electron chi connectivity index (χ1n) is 8.65. The van der Waals surface area contributed by atoms with E-state index in [1.165, 1.54) is 25.5 Å². The molecule has 0 bridgehead atoms. The van der Waals surface area contributed by atoms with Gasteiger partial charge in [0, 0.05) is 19.0 Å². The molecule has 3 atom stereocenters. The van der Waals surface area contributed by atoms with Crippen LogP contribution in [0.15, 0.2) is 24.3 Å². The van der Waals surface area contributed by atoms with Gasteiger partial charge in [-0.15, -0.1) is 0 Å². The van der Waals surface area contributed by atoms with E-state index in [0.717, 1.165) is 18.8 Å². The van der Waals surface area contributed by atoms with E-state index >= 15 is 0 Å². The van der Waals surface area contributed by atoms with Crippen molar-refractivity contribution in [1.82, 2.24) is 5.32 Å². The number of carbonyl (C=O) groups is 1. The minimum absolute atomic E-state index is 0.115. The molecule has 1 aromatic carbocycles. The smallest absolute Gasteiger partial charge is 0.309 e.